The third-order valence-corrected chi connectivity index (χ3v) is 4.09. The number of aromatic nitrogens is 2. The van der Waals surface area contributed by atoms with E-state index in [-0.39, 0.29) is 17.4 Å². The van der Waals surface area contributed by atoms with Gasteiger partial charge < -0.3 is 10.6 Å². The summed E-state index contributed by atoms with van der Waals surface area (Å²) >= 11 is 5.96. The molecule has 1 heterocycles. The van der Waals surface area contributed by atoms with Crippen LogP contribution in [0.15, 0.2) is 60.9 Å². The van der Waals surface area contributed by atoms with E-state index in [9.17, 15) is 9.18 Å². The highest BCUT2D eigenvalue weighted by molar-refractivity contribution is 6.30. The molecule has 138 valence electrons. The minimum atomic E-state index is -0.336. The topological polar surface area (TPSA) is 66.9 Å². The van der Waals surface area contributed by atoms with Crippen molar-refractivity contribution in [2.45, 2.75) is 13.0 Å². The first-order valence-electron chi connectivity index (χ1n) is 8.43. The first-order valence-corrected chi connectivity index (χ1v) is 8.81. The molecule has 0 fully saturated rings. The van der Waals surface area contributed by atoms with E-state index in [1.165, 1.54) is 24.5 Å². The van der Waals surface area contributed by atoms with Gasteiger partial charge in [0.15, 0.2) is 0 Å². The van der Waals surface area contributed by atoms with E-state index in [1.54, 1.807) is 12.1 Å². The number of hydrogen-bond donors (Lipinski definition) is 2. The molecule has 0 bridgehead atoms. The largest absolute Gasteiger partial charge is 0.368 e. The summed E-state index contributed by atoms with van der Waals surface area (Å²) in [6, 6.07) is 13.6. The first kappa shape index (κ1) is 18.8. The number of hydrogen-bond acceptors (Lipinski definition) is 4. The van der Waals surface area contributed by atoms with E-state index in [2.05, 4.69) is 20.6 Å². The molecule has 7 heteroatoms. The molecule has 1 amide bonds. The molecule has 0 aliphatic carbocycles. The molecule has 0 radical (unpaired) electrons. The van der Waals surface area contributed by atoms with Crippen LogP contribution in [0.4, 0.5) is 10.2 Å². The highest BCUT2D eigenvalue weighted by atomic mass is 35.5. The van der Waals surface area contributed by atoms with Gasteiger partial charge in [0.1, 0.15) is 17.3 Å². The molecule has 3 rings (SSSR count). The number of nitrogens with zero attached hydrogens (tertiary/aromatic N) is 2. The molecule has 0 unspecified atom stereocenters. The van der Waals surface area contributed by atoms with Gasteiger partial charge in [-0.1, -0.05) is 35.9 Å². The summed E-state index contributed by atoms with van der Waals surface area (Å²) in [5.74, 6) is -0.0567. The lowest BCUT2D eigenvalue weighted by Gasteiger charge is -2.07. The molecule has 1 aromatic heterocycles. The minimum Gasteiger partial charge on any atom is -0.368 e. The Kier molecular flexibility index (Phi) is 6.33. The van der Waals surface area contributed by atoms with Gasteiger partial charge in [0, 0.05) is 18.1 Å². The zero-order chi connectivity index (χ0) is 19.1. The summed E-state index contributed by atoms with van der Waals surface area (Å²) in [5, 5.41) is 6.60. The lowest BCUT2D eigenvalue weighted by atomic mass is 10.1. The van der Waals surface area contributed by atoms with Crippen molar-refractivity contribution < 1.29 is 9.18 Å². The van der Waals surface area contributed by atoms with Crippen LogP contribution in [0.25, 0.3) is 0 Å². The van der Waals surface area contributed by atoms with E-state index >= 15 is 0 Å². The number of nitrogens with one attached hydrogen (secondary N) is 2. The van der Waals surface area contributed by atoms with Gasteiger partial charge in [-0.25, -0.2) is 14.4 Å². The predicted molar refractivity (Wildman–Crippen MR) is 103 cm³/mol. The van der Waals surface area contributed by atoms with Crippen molar-refractivity contribution in [3.63, 3.8) is 0 Å². The van der Waals surface area contributed by atoms with Gasteiger partial charge in [0.25, 0.3) is 5.91 Å². The predicted octanol–water partition coefficient (Wildman–Crippen LogP) is 3.85. The molecular formula is C20H18ClFN4O. The zero-order valence-corrected chi connectivity index (χ0v) is 15.2. The molecule has 0 aliphatic heterocycles. The molecule has 2 aromatic carbocycles. The van der Waals surface area contributed by atoms with Crippen molar-refractivity contribution in [1.29, 1.82) is 0 Å². The average Bonchev–Trinajstić information content (AvgIpc) is 2.68. The molecule has 2 N–H and O–H groups in total. The summed E-state index contributed by atoms with van der Waals surface area (Å²) in [5.41, 5.74) is 2.15. The Bertz CT molecular complexity index is 901. The maximum atomic E-state index is 12.9. The SMILES string of the molecule is O=C(NCc1ccc(F)cc1)c1cnc(NCCc2cccc(Cl)c2)cn1. The fraction of sp³-hybridized carbons (Fsp3) is 0.150. The molecule has 5 nitrogen and oxygen atoms in total. The Hall–Kier alpha value is -2.99. The first-order chi connectivity index (χ1) is 13.1. The number of halogens is 2. The number of anilines is 1. The van der Waals surface area contributed by atoms with Gasteiger partial charge >= 0.3 is 0 Å². The van der Waals surface area contributed by atoms with Crippen molar-refractivity contribution in [3.05, 3.63) is 88.6 Å². The Morgan fingerprint density at radius 3 is 2.56 bits per heavy atom. The molecule has 0 saturated heterocycles. The van der Waals surface area contributed by atoms with Crippen LogP contribution in [0.2, 0.25) is 5.02 Å². The molecule has 27 heavy (non-hydrogen) atoms. The van der Waals surface area contributed by atoms with Crippen LogP contribution < -0.4 is 10.6 Å². The van der Waals surface area contributed by atoms with Crippen molar-refractivity contribution in [3.8, 4) is 0 Å². The maximum Gasteiger partial charge on any atom is 0.271 e. The smallest absolute Gasteiger partial charge is 0.271 e. The van der Waals surface area contributed by atoms with E-state index in [0.717, 1.165) is 17.5 Å². The summed E-state index contributed by atoms with van der Waals surface area (Å²) in [6.45, 7) is 0.964. The van der Waals surface area contributed by atoms with Gasteiger partial charge in [0.05, 0.1) is 12.4 Å². The van der Waals surface area contributed by atoms with Gasteiger partial charge in [-0.05, 0) is 41.8 Å². The summed E-state index contributed by atoms with van der Waals surface area (Å²) in [6.07, 6.45) is 3.73. The van der Waals surface area contributed by atoms with E-state index < -0.39 is 0 Å². The van der Waals surface area contributed by atoms with E-state index in [0.29, 0.717) is 23.9 Å². The monoisotopic (exact) mass is 384 g/mol. The van der Waals surface area contributed by atoms with Crippen LogP contribution in [0.1, 0.15) is 21.6 Å². The highest BCUT2D eigenvalue weighted by Gasteiger charge is 2.08. The summed E-state index contributed by atoms with van der Waals surface area (Å²) < 4.78 is 12.9. The van der Waals surface area contributed by atoms with Crippen molar-refractivity contribution in [2.24, 2.45) is 0 Å². The van der Waals surface area contributed by atoms with Gasteiger partial charge in [-0.15, -0.1) is 0 Å². The van der Waals surface area contributed by atoms with E-state index in [4.69, 9.17) is 11.6 Å². The molecular weight excluding hydrogens is 367 g/mol. The van der Waals surface area contributed by atoms with Crippen LogP contribution in [0.3, 0.4) is 0 Å². The van der Waals surface area contributed by atoms with Crippen LogP contribution in [0, 0.1) is 5.82 Å². The number of rotatable bonds is 7. The third kappa shape index (κ3) is 5.76. The maximum absolute atomic E-state index is 12.9. The zero-order valence-electron chi connectivity index (χ0n) is 14.5. The quantitative estimate of drug-likeness (QED) is 0.649. The minimum absolute atomic E-state index is 0.220. The Balaban J connectivity index is 1.47. The molecule has 0 saturated carbocycles. The average molecular weight is 385 g/mol. The molecule has 3 aromatic rings. The second-order valence-electron chi connectivity index (χ2n) is 5.90. The number of carbonyl (C=O) groups is 1. The molecule has 0 aliphatic rings. The molecule has 0 spiro atoms. The van der Waals surface area contributed by atoms with E-state index in [1.807, 2.05) is 24.3 Å². The fourth-order valence-corrected chi connectivity index (χ4v) is 2.65. The third-order valence-electron chi connectivity index (χ3n) is 3.86. The lowest BCUT2D eigenvalue weighted by Crippen LogP contribution is -2.24. The Labute approximate surface area is 161 Å². The van der Waals surface area contributed by atoms with Crippen molar-refractivity contribution in [1.82, 2.24) is 15.3 Å². The summed E-state index contributed by atoms with van der Waals surface area (Å²) in [7, 11) is 0. The summed E-state index contributed by atoms with van der Waals surface area (Å²) in [4.78, 5) is 20.4. The van der Waals surface area contributed by atoms with Gasteiger partial charge in [-0.3, -0.25) is 4.79 Å². The standard InChI is InChI=1S/C20H18ClFN4O/c21-16-3-1-2-14(10-16)8-9-23-19-13-24-18(12-25-19)20(27)26-11-15-4-6-17(22)7-5-15/h1-7,10,12-13H,8-9,11H2,(H,23,25)(H,26,27). The Morgan fingerprint density at radius 1 is 1.04 bits per heavy atom. The fourth-order valence-electron chi connectivity index (χ4n) is 2.44. The van der Waals surface area contributed by atoms with Gasteiger partial charge in [0.2, 0.25) is 0 Å². The number of amides is 1. The Morgan fingerprint density at radius 2 is 1.85 bits per heavy atom. The lowest BCUT2D eigenvalue weighted by molar-refractivity contribution is 0.0945. The number of carbonyl (C=O) groups excluding carboxylic acids is 1. The van der Waals surface area contributed by atoms with Crippen LogP contribution in [-0.4, -0.2) is 22.4 Å². The normalized spacial score (nSPS) is 10.4. The second-order valence-corrected chi connectivity index (χ2v) is 6.34. The van der Waals surface area contributed by atoms with Crippen LogP contribution >= 0.6 is 11.6 Å². The highest BCUT2D eigenvalue weighted by Crippen LogP contribution is 2.11. The van der Waals surface area contributed by atoms with Crippen molar-refractivity contribution in [2.75, 3.05) is 11.9 Å². The van der Waals surface area contributed by atoms with Crippen molar-refractivity contribution >= 4 is 23.3 Å². The van der Waals surface area contributed by atoms with Crippen LogP contribution in [-0.2, 0) is 13.0 Å². The number of benzene rings is 2. The van der Waals surface area contributed by atoms with Gasteiger partial charge in [-0.2, -0.15) is 0 Å². The second kappa shape index (κ2) is 9.09. The molecule has 0 atom stereocenters. The van der Waals surface area contributed by atoms with Crippen LogP contribution in [0.5, 0.6) is 0 Å².